The Morgan fingerprint density at radius 3 is 1.67 bits per heavy atom. The first kappa shape index (κ1) is 52.9. The minimum absolute atomic E-state index is 0.0263. The molecule has 4 saturated heterocycles. The molecular weight excluding hydrogens is 861 g/mol. The van der Waals surface area contributed by atoms with E-state index in [4.69, 9.17) is 47.1 Å². The molecule has 4 aliphatic rings. The number of piperazine rings is 1. The van der Waals surface area contributed by atoms with Gasteiger partial charge in [-0.3, -0.25) is 13.7 Å². The van der Waals surface area contributed by atoms with E-state index < -0.39 is 41.2 Å². The molecule has 22 nitrogen and oxygen atoms in total. The van der Waals surface area contributed by atoms with Crippen molar-refractivity contribution in [1.29, 1.82) is 0 Å². The maximum atomic E-state index is 14.8. The van der Waals surface area contributed by atoms with E-state index in [0.717, 1.165) is 6.54 Å². The van der Waals surface area contributed by atoms with E-state index in [2.05, 4.69) is 10.2 Å². The molecule has 0 aromatic rings. The summed E-state index contributed by atoms with van der Waals surface area (Å²) in [6.45, 7) is 10.9. The standard InChI is InChI=1S/C36H75N8O14P3/c1-30-20-40(9)23-33(56-30)26-53-59(47,29-37-4)43-21-31(2)57-34(24-43)27-55-61(49,39(7)8)44-22-32(3)58-35(25-44)28-54-60(48,38(5)6)42-12-10-41(11-13-42)36(46)52-19-18-51-17-16-50-15-14-45/h30-35,37,45H,10-29H2,1-9H3. The zero-order chi connectivity index (χ0) is 44.8. The van der Waals surface area contributed by atoms with Gasteiger partial charge in [0.1, 0.15) is 6.61 Å². The predicted molar refractivity (Wildman–Crippen MR) is 229 cm³/mol. The second-order valence-electron chi connectivity index (χ2n) is 16.4. The van der Waals surface area contributed by atoms with Crippen LogP contribution in [0, 0.1) is 0 Å². The van der Waals surface area contributed by atoms with Crippen molar-refractivity contribution in [2.24, 2.45) is 0 Å². The number of hydrogen-bond acceptors (Lipinski definition) is 16. The number of hydrogen-bond donors (Lipinski definition) is 2. The van der Waals surface area contributed by atoms with E-state index in [1.54, 1.807) is 58.8 Å². The Kier molecular flexibility index (Phi) is 21.9. The number of rotatable bonds is 24. The fourth-order valence-electron chi connectivity index (χ4n) is 7.73. The molecule has 2 N–H and O–H groups in total. The largest absolute Gasteiger partial charge is 0.447 e. The number of aliphatic hydroxyl groups excluding tert-OH is 1. The third-order valence-electron chi connectivity index (χ3n) is 10.5. The molecule has 0 bridgehead atoms. The average Bonchev–Trinajstić information content (AvgIpc) is 3.21. The van der Waals surface area contributed by atoms with Gasteiger partial charge in [0, 0.05) is 65.4 Å². The van der Waals surface area contributed by atoms with Crippen LogP contribution in [0.3, 0.4) is 0 Å². The lowest BCUT2D eigenvalue weighted by molar-refractivity contribution is -0.0925. The zero-order valence-corrected chi connectivity index (χ0v) is 40.5. The quantitative estimate of drug-likeness (QED) is 0.104. The molecule has 0 spiro atoms. The summed E-state index contributed by atoms with van der Waals surface area (Å²) in [7, 11) is -0.0135. The van der Waals surface area contributed by atoms with Gasteiger partial charge in [0.05, 0.1) is 95.8 Å². The van der Waals surface area contributed by atoms with Crippen LogP contribution in [-0.4, -0.2) is 254 Å². The summed E-state index contributed by atoms with van der Waals surface area (Å²) in [5.41, 5.74) is 0. The third-order valence-corrected chi connectivity index (χ3v) is 18.1. The van der Waals surface area contributed by atoms with E-state index in [-0.39, 0.29) is 103 Å². The Labute approximate surface area is 363 Å². The first-order chi connectivity index (χ1) is 28.9. The summed E-state index contributed by atoms with van der Waals surface area (Å²) >= 11 is 0. The molecule has 4 heterocycles. The van der Waals surface area contributed by atoms with Crippen LogP contribution in [0.2, 0.25) is 0 Å². The van der Waals surface area contributed by atoms with Gasteiger partial charge in [-0.25, -0.2) is 28.1 Å². The fraction of sp³-hybridized carbons (Fsp3) is 0.972. The molecule has 4 rings (SSSR count). The van der Waals surface area contributed by atoms with E-state index in [0.29, 0.717) is 45.9 Å². The number of morpholine rings is 3. The Morgan fingerprint density at radius 2 is 1.13 bits per heavy atom. The number of nitrogens with one attached hydrogen (secondary N) is 1. The van der Waals surface area contributed by atoms with Crippen molar-refractivity contribution in [2.45, 2.75) is 57.4 Å². The summed E-state index contributed by atoms with van der Waals surface area (Å²) in [6, 6.07) is 0. The minimum atomic E-state index is -3.65. The second kappa shape index (κ2) is 25.3. The molecule has 1 amide bonds. The lowest BCUT2D eigenvalue weighted by atomic mass is 10.2. The van der Waals surface area contributed by atoms with Crippen molar-refractivity contribution < 1.29 is 65.6 Å². The van der Waals surface area contributed by atoms with Gasteiger partial charge in [-0.15, -0.1) is 0 Å². The topological polar surface area (TPSA) is 206 Å². The Bertz CT molecular complexity index is 1460. The van der Waals surface area contributed by atoms with Gasteiger partial charge in [0.25, 0.3) is 7.52 Å². The molecule has 0 aromatic carbocycles. The normalized spacial score (nSPS) is 29.7. The highest BCUT2D eigenvalue weighted by atomic mass is 31.2. The summed E-state index contributed by atoms with van der Waals surface area (Å²) in [6.07, 6.45) is -2.27. The van der Waals surface area contributed by atoms with Gasteiger partial charge in [0.2, 0.25) is 0 Å². The predicted octanol–water partition coefficient (Wildman–Crippen LogP) is 1.42. The highest BCUT2D eigenvalue weighted by molar-refractivity contribution is 7.56. The summed E-state index contributed by atoms with van der Waals surface area (Å²) in [5, 5.41) is 11.8. The van der Waals surface area contributed by atoms with E-state index in [1.807, 2.05) is 32.5 Å². The molecule has 25 heteroatoms. The lowest BCUT2D eigenvalue weighted by Gasteiger charge is -2.44. The van der Waals surface area contributed by atoms with Crippen molar-refractivity contribution in [3.63, 3.8) is 0 Å². The van der Waals surface area contributed by atoms with E-state index in [1.165, 1.54) is 0 Å². The molecule has 4 fully saturated rings. The maximum absolute atomic E-state index is 14.8. The van der Waals surface area contributed by atoms with Crippen molar-refractivity contribution in [3.8, 4) is 0 Å². The number of likely N-dealkylation sites (N-methyl/N-ethyl adjacent to an activating group) is 1. The number of carbonyl (C=O) groups excluding carboxylic acids is 1. The molecule has 9 atom stereocenters. The number of carbonyl (C=O) groups is 1. The van der Waals surface area contributed by atoms with Crippen LogP contribution in [0.1, 0.15) is 20.8 Å². The van der Waals surface area contributed by atoms with Crippen LogP contribution in [0.15, 0.2) is 0 Å². The van der Waals surface area contributed by atoms with Gasteiger partial charge in [-0.2, -0.15) is 0 Å². The van der Waals surface area contributed by atoms with Crippen molar-refractivity contribution in [3.05, 3.63) is 0 Å². The van der Waals surface area contributed by atoms with Crippen molar-refractivity contribution in [1.82, 2.24) is 38.5 Å². The minimum Gasteiger partial charge on any atom is -0.447 e. The molecule has 0 aliphatic carbocycles. The van der Waals surface area contributed by atoms with Crippen molar-refractivity contribution in [2.75, 3.05) is 173 Å². The Hall–Kier alpha value is -0.680. The average molecular weight is 937 g/mol. The number of amides is 1. The van der Waals surface area contributed by atoms with Gasteiger partial charge in [-0.1, -0.05) is 0 Å². The van der Waals surface area contributed by atoms with Crippen LogP contribution in [-0.2, 0) is 55.7 Å². The smallest absolute Gasteiger partial charge is 0.409 e. The number of aliphatic hydroxyl groups is 1. The highest BCUT2D eigenvalue weighted by Gasteiger charge is 2.45. The number of nitrogens with zero attached hydrogens (tertiary/aromatic N) is 7. The third kappa shape index (κ3) is 15.7. The lowest BCUT2D eigenvalue weighted by Crippen LogP contribution is -2.51. The molecule has 61 heavy (non-hydrogen) atoms. The van der Waals surface area contributed by atoms with Crippen molar-refractivity contribution >= 4 is 29.0 Å². The monoisotopic (exact) mass is 936 g/mol. The number of ether oxygens (including phenoxy) is 6. The first-order valence-corrected chi connectivity index (χ1v) is 26.1. The molecule has 9 unspecified atom stereocenters. The Morgan fingerprint density at radius 1 is 0.656 bits per heavy atom. The SMILES string of the molecule is CNCP(=O)(OCC1CN(C)CC(C)O1)N1CC(C)OC(COP(=O)(N(C)C)N2CC(C)OC(COP(=O)(N(C)C)N3CCN(C(=O)OCCOCCOCCO)CC3)C2)C1. The Balaban J connectivity index is 1.31. The van der Waals surface area contributed by atoms with Crippen LogP contribution < -0.4 is 5.32 Å². The summed E-state index contributed by atoms with van der Waals surface area (Å²) in [4.78, 5) is 16.4. The molecule has 4 aliphatic heterocycles. The van der Waals surface area contributed by atoms with Crippen LogP contribution in [0.5, 0.6) is 0 Å². The van der Waals surface area contributed by atoms with E-state index in [9.17, 15) is 18.5 Å². The molecule has 358 valence electrons. The van der Waals surface area contributed by atoms with Gasteiger partial charge in [0.15, 0.2) is 0 Å². The molecular formula is C36H75N8O14P3. The molecule has 0 radical (unpaired) electrons. The molecule has 0 saturated carbocycles. The van der Waals surface area contributed by atoms with Crippen LogP contribution in [0.25, 0.3) is 0 Å². The molecule has 0 aromatic heterocycles. The second-order valence-corrected chi connectivity index (χ2v) is 24.0. The van der Waals surface area contributed by atoms with E-state index >= 15 is 0 Å². The van der Waals surface area contributed by atoms with Crippen LogP contribution in [0.4, 0.5) is 4.79 Å². The van der Waals surface area contributed by atoms with Gasteiger partial charge >= 0.3 is 21.4 Å². The van der Waals surface area contributed by atoms with Gasteiger partial charge < -0.3 is 62.2 Å². The van der Waals surface area contributed by atoms with Crippen LogP contribution >= 0.6 is 22.9 Å². The first-order valence-electron chi connectivity index (χ1n) is 21.2. The maximum Gasteiger partial charge on any atom is 0.409 e. The zero-order valence-electron chi connectivity index (χ0n) is 37.8. The summed E-state index contributed by atoms with van der Waals surface area (Å²) in [5.74, 6) is 0. The highest BCUT2D eigenvalue weighted by Crippen LogP contribution is 2.56. The summed E-state index contributed by atoms with van der Waals surface area (Å²) < 4.78 is 105. The van der Waals surface area contributed by atoms with Gasteiger partial charge in [-0.05, 0) is 63.1 Å². The fourth-order valence-corrected chi connectivity index (χ4v) is 13.9.